The summed E-state index contributed by atoms with van der Waals surface area (Å²) in [5.41, 5.74) is 1.20. The third kappa shape index (κ3) is 5.28. The van der Waals surface area contributed by atoms with Gasteiger partial charge in [0.05, 0.1) is 12.7 Å². The van der Waals surface area contributed by atoms with Gasteiger partial charge in [-0.3, -0.25) is 14.5 Å². The van der Waals surface area contributed by atoms with Crippen LogP contribution in [0.25, 0.3) is 0 Å². The smallest absolute Gasteiger partial charge is 0.337 e. The van der Waals surface area contributed by atoms with Crippen LogP contribution in [0.2, 0.25) is 0 Å². The first-order valence-electron chi connectivity index (χ1n) is 9.94. The second-order valence-corrected chi connectivity index (χ2v) is 7.60. The Morgan fingerprint density at radius 2 is 1.71 bits per heavy atom. The zero-order chi connectivity index (χ0) is 22.4. The van der Waals surface area contributed by atoms with Crippen LogP contribution < -0.4 is 10.6 Å². The summed E-state index contributed by atoms with van der Waals surface area (Å²) >= 11 is 0. The van der Waals surface area contributed by atoms with Gasteiger partial charge in [0.1, 0.15) is 12.1 Å². The van der Waals surface area contributed by atoms with Crippen molar-refractivity contribution in [1.82, 2.24) is 15.5 Å². The molecule has 0 aromatic heterocycles. The van der Waals surface area contributed by atoms with Crippen molar-refractivity contribution in [1.29, 1.82) is 0 Å². The number of amides is 4. The van der Waals surface area contributed by atoms with Gasteiger partial charge in [-0.2, -0.15) is 0 Å². The zero-order valence-corrected chi connectivity index (χ0v) is 17.5. The standard InChI is InChI=1S/C23H25N3O5/c1-23(13-12-16-6-4-3-5-7-16)21(29)26(22(30)25-23)15-19(27)24-14-17-8-10-18(11-9-17)20(28)31-2/h3-11H,12-15H2,1-2H3,(H,24,27)(H,25,30)/t23-/m0/s1. The molecule has 1 saturated heterocycles. The van der Waals surface area contributed by atoms with Gasteiger partial charge in [-0.1, -0.05) is 42.5 Å². The molecule has 2 aromatic rings. The number of nitrogens with zero attached hydrogens (tertiary/aromatic N) is 1. The van der Waals surface area contributed by atoms with Crippen LogP contribution in [0.5, 0.6) is 0 Å². The number of aryl methyl sites for hydroxylation is 1. The van der Waals surface area contributed by atoms with Gasteiger partial charge in [-0.05, 0) is 43.0 Å². The predicted molar refractivity (Wildman–Crippen MR) is 113 cm³/mol. The summed E-state index contributed by atoms with van der Waals surface area (Å²) in [6, 6.07) is 15.7. The molecule has 31 heavy (non-hydrogen) atoms. The number of carbonyl (C=O) groups excluding carboxylic acids is 4. The third-order valence-corrected chi connectivity index (χ3v) is 5.27. The maximum Gasteiger partial charge on any atom is 0.337 e. The molecule has 0 unspecified atom stereocenters. The monoisotopic (exact) mass is 423 g/mol. The molecule has 2 aromatic carbocycles. The number of ether oxygens (including phenoxy) is 1. The molecule has 8 heteroatoms. The average Bonchev–Trinajstić information content (AvgIpc) is 3.00. The minimum atomic E-state index is -1.04. The normalized spacial score (nSPS) is 17.9. The van der Waals surface area contributed by atoms with Crippen molar-refractivity contribution < 1.29 is 23.9 Å². The van der Waals surface area contributed by atoms with E-state index >= 15 is 0 Å². The van der Waals surface area contributed by atoms with Crippen LogP contribution in [0.15, 0.2) is 54.6 Å². The highest BCUT2D eigenvalue weighted by molar-refractivity contribution is 6.08. The maximum absolute atomic E-state index is 12.8. The number of carbonyl (C=O) groups is 4. The summed E-state index contributed by atoms with van der Waals surface area (Å²) in [6.07, 6.45) is 1.07. The van der Waals surface area contributed by atoms with E-state index in [0.717, 1.165) is 16.0 Å². The van der Waals surface area contributed by atoms with Gasteiger partial charge in [0.25, 0.3) is 5.91 Å². The predicted octanol–water partition coefficient (Wildman–Crippen LogP) is 2.03. The molecule has 0 spiro atoms. The first-order valence-corrected chi connectivity index (χ1v) is 9.94. The summed E-state index contributed by atoms with van der Waals surface area (Å²) in [7, 11) is 1.30. The highest BCUT2D eigenvalue weighted by atomic mass is 16.5. The molecule has 1 fully saturated rings. The molecule has 3 rings (SSSR count). The minimum absolute atomic E-state index is 0.204. The van der Waals surface area contributed by atoms with E-state index in [2.05, 4.69) is 15.4 Å². The molecule has 4 amide bonds. The minimum Gasteiger partial charge on any atom is -0.465 e. The van der Waals surface area contributed by atoms with E-state index in [1.807, 2.05) is 30.3 Å². The average molecular weight is 423 g/mol. The number of esters is 1. The lowest BCUT2D eigenvalue weighted by molar-refractivity contribution is -0.134. The molecule has 0 bridgehead atoms. The lowest BCUT2D eigenvalue weighted by Crippen LogP contribution is -2.45. The van der Waals surface area contributed by atoms with Crippen molar-refractivity contribution in [2.45, 2.75) is 31.8 Å². The molecular formula is C23H25N3O5. The quantitative estimate of drug-likeness (QED) is 0.499. The Bertz CT molecular complexity index is 974. The first kappa shape index (κ1) is 22.0. The summed E-state index contributed by atoms with van der Waals surface area (Å²) in [4.78, 5) is 49.9. The number of methoxy groups -OCH3 is 1. The Morgan fingerprint density at radius 1 is 1.03 bits per heavy atom. The van der Waals surface area contributed by atoms with Crippen LogP contribution in [-0.2, 0) is 27.3 Å². The second kappa shape index (κ2) is 9.42. The Hall–Kier alpha value is -3.68. The number of urea groups is 1. The lowest BCUT2D eigenvalue weighted by atomic mass is 9.93. The SMILES string of the molecule is COC(=O)c1ccc(CNC(=O)CN2C(=O)N[C@@](C)(CCc3ccccc3)C2=O)cc1. The highest BCUT2D eigenvalue weighted by Crippen LogP contribution is 2.23. The number of hydrogen-bond acceptors (Lipinski definition) is 5. The van der Waals surface area contributed by atoms with Crippen molar-refractivity contribution in [3.05, 3.63) is 71.3 Å². The fraction of sp³-hybridized carbons (Fsp3) is 0.304. The number of benzene rings is 2. The summed E-state index contributed by atoms with van der Waals surface area (Å²) in [5.74, 6) is -1.30. The molecule has 0 aliphatic carbocycles. The number of nitrogens with one attached hydrogen (secondary N) is 2. The van der Waals surface area contributed by atoms with Crippen molar-refractivity contribution >= 4 is 23.8 Å². The van der Waals surface area contributed by atoms with Gasteiger partial charge in [0.2, 0.25) is 5.91 Å². The maximum atomic E-state index is 12.8. The number of rotatable bonds is 8. The van der Waals surface area contributed by atoms with Crippen LogP contribution in [0.3, 0.4) is 0 Å². The van der Waals surface area contributed by atoms with Crippen molar-refractivity contribution in [2.24, 2.45) is 0 Å². The van der Waals surface area contributed by atoms with E-state index in [0.29, 0.717) is 18.4 Å². The number of hydrogen-bond donors (Lipinski definition) is 2. The van der Waals surface area contributed by atoms with E-state index in [1.165, 1.54) is 7.11 Å². The fourth-order valence-corrected chi connectivity index (χ4v) is 3.38. The Kier molecular flexibility index (Phi) is 6.69. The molecule has 0 radical (unpaired) electrons. The molecule has 1 heterocycles. The van der Waals surface area contributed by atoms with Gasteiger partial charge >= 0.3 is 12.0 Å². The topological polar surface area (TPSA) is 105 Å². The molecule has 8 nitrogen and oxygen atoms in total. The highest BCUT2D eigenvalue weighted by Gasteiger charge is 2.47. The van der Waals surface area contributed by atoms with Crippen molar-refractivity contribution in [2.75, 3.05) is 13.7 Å². The largest absolute Gasteiger partial charge is 0.465 e. The van der Waals surface area contributed by atoms with Gasteiger partial charge in [0.15, 0.2) is 0 Å². The first-order chi connectivity index (χ1) is 14.8. The van der Waals surface area contributed by atoms with E-state index in [9.17, 15) is 19.2 Å². The van der Waals surface area contributed by atoms with Crippen LogP contribution in [0.4, 0.5) is 4.79 Å². The molecule has 1 aliphatic heterocycles. The van der Waals surface area contributed by atoms with E-state index < -0.39 is 29.4 Å². The van der Waals surface area contributed by atoms with E-state index in [4.69, 9.17) is 0 Å². The summed E-state index contributed by atoms with van der Waals surface area (Å²) < 4.78 is 4.64. The van der Waals surface area contributed by atoms with Crippen molar-refractivity contribution in [3.63, 3.8) is 0 Å². The second-order valence-electron chi connectivity index (χ2n) is 7.60. The molecule has 0 saturated carbocycles. The summed E-state index contributed by atoms with van der Waals surface area (Å²) in [5, 5.41) is 5.40. The third-order valence-electron chi connectivity index (χ3n) is 5.27. The van der Waals surface area contributed by atoms with E-state index in [-0.39, 0.29) is 13.1 Å². The van der Waals surface area contributed by atoms with Gasteiger partial charge in [-0.25, -0.2) is 9.59 Å². The van der Waals surface area contributed by atoms with Crippen LogP contribution >= 0.6 is 0 Å². The summed E-state index contributed by atoms with van der Waals surface area (Å²) in [6.45, 7) is 1.53. The zero-order valence-electron chi connectivity index (χ0n) is 17.5. The van der Waals surface area contributed by atoms with Gasteiger partial charge in [0, 0.05) is 6.54 Å². The fourth-order valence-electron chi connectivity index (χ4n) is 3.38. The van der Waals surface area contributed by atoms with Crippen LogP contribution in [0.1, 0.15) is 34.8 Å². The lowest BCUT2D eigenvalue weighted by Gasteiger charge is -2.21. The molecule has 1 aliphatic rings. The van der Waals surface area contributed by atoms with Gasteiger partial charge < -0.3 is 15.4 Å². The van der Waals surface area contributed by atoms with Gasteiger partial charge in [-0.15, -0.1) is 0 Å². The number of imide groups is 1. The van der Waals surface area contributed by atoms with Crippen LogP contribution in [-0.4, -0.2) is 47.9 Å². The molecule has 2 N–H and O–H groups in total. The van der Waals surface area contributed by atoms with Crippen LogP contribution in [0, 0.1) is 0 Å². The Morgan fingerprint density at radius 3 is 2.35 bits per heavy atom. The van der Waals surface area contributed by atoms with E-state index in [1.54, 1.807) is 31.2 Å². The Balaban J connectivity index is 1.53. The molecule has 162 valence electrons. The Labute approximate surface area is 180 Å². The molecule has 1 atom stereocenters. The van der Waals surface area contributed by atoms with Crippen molar-refractivity contribution in [3.8, 4) is 0 Å². The molecular weight excluding hydrogens is 398 g/mol.